The molecule has 0 radical (unpaired) electrons. The van der Waals surface area contributed by atoms with Crippen LogP contribution in [0.1, 0.15) is 158 Å². The number of nitrogens with zero attached hydrogens (tertiary/aromatic N) is 1. The van der Waals surface area contributed by atoms with Gasteiger partial charge in [0, 0.05) is 43.7 Å². The maximum atomic E-state index is 11.5. The number of esters is 2. The van der Waals surface area contributed by atoms with Gasteiger partial charge in [-0.25, -0.2) is 4.79 Å². The Kier molecular flexibility index (Phi) is 26.2. The molecule has 6 atom stereocenters. The van der Waals surface area contributed by atoms with Crippen LogP contribution in [0.3, 0.4) is 0 Å². The number of nitrogens with one attached hydrogen (secondary N) is 1. The summed E-state index contributed by atoms with van der Waals surface area (Å²) in [5, 5.41) is 28.3. The summed E-state index contributed by atoms with van der Waals surface area (Å²) in [6, 6.07) is -0.159. The minimum absolute atomic E-state index is 0. The van der Waals surface area contributed by atoms with Gasteiger partial charge in [-0.1, -0.05) is 44.7 Å². The standard InChI is InChI=1S/C10H16O3.C9H14O3.C8H11NO2.C8H15NO2.C4H8O2.CH4.ClH2NO/c1-3-13-9(12)10(2)7-5-4-6-8(10)11;1-2-12-9(11)7-5-3-4-6-8(7)10;1-8-5-3-2-4-6(8)9-11-7(8)10;1-8(7(10)11)5-3-2-4-6(8)9;5-4-2-1-3-6-4;;1-2-3/h3-7H2,1-2H3;7H,2-6H2,1H3;2-5H2,1H3;6H,2-5,9H2,1H3,(H,10,11);4-5H,1-3H2;1H4;2-3H/t;;;6-,8+;;;/m...0.../s1. The first-order valence-corrected chi connectivity index (χ1v) is 20.3. The van der Waals surface area contributed by atoms with Crippen LogP contribution in [0.4, 0.5) is 0 Å². The average Bonchev–Trinajstić information content (AvgIpc) is 3.77. The molecule has 0 aromatic carbocycles. The van der Waals surface area contributed by atoms with Crippen LogP contribution in [0.5, 0.6) is 0 Å². The molecule has 17 heteroatoms. The van der Waals surface area contributed by atoms with E-state index < -0.39 is 29.0 Å². The highest BCUT2D eigenvalue weighted by Crippen LogP contribution is 2.38. The molecule has 1 saturated heterocycles. The van der Waals surface area contributed by atoms with Crippen LogP contribution in [-0.2, 0) is 47.8 Å². The van der Waals surface area contributed by atoms with Gasteiger partial charge in [-0.2, -0.15) is 0 Å². The quantitative estimate of drug-likeness (QED) is 0.0667. The van der Waals surface area contributed by atoms with Gasteiger partial charge in [-0.15, -0.1) is 5.00 Å². The molecule has 0 bridgehead atoms. The minimum atomic E-state index is -0.853. The SMILES string of the molecule is C.CC12CCCCC1=NOC2=O.CCOC(=O)C1(C)CCCCC1=O.CCOC(=O)C1CCCCC1=O.C[C@@]1(C(=O)O)CCCC[C@@H]1N.OC1CCCO1.ONCl. The third-order valence-corrected chi connectivity index (χ3v) is 11.1. The van der Waals surface area contributed by atoms with Crippen molar-refractivity contribution in [2.75, 3.05) is 19.8 Å². The van der Waals surface area contributed by atoms with Crippen molar-refractivity contribution in [1.82, 2.24) is 5.00 Å². The number of Topliss-reactive ketones (excluding diaryl/α,β-unsaturated/α-hetero) is 2. The van der Waals surface area contributed by atoms with Gasteiger partial charge < -0.3 is 40.2 Å². The number of halogens is 1. The van der Waals surface area contributed by atoms with Crippen LogP contribution in [-0.4, -0.2) is 88.7 Å². The molecule has 6 aliphatic rings. The number of ether oxygens (including phenoxy) is 3. The lowest BCUT2D eigenvalue weighted by Crippen LogP contribution is -2.47. The van der Waals surface area contributed by atoms with E-state index in [2.05, 4.69) is 21.8 Å². The van der Waals surface area contributed by atoms with Crippen molar-refractivity contribution in [3.63, 3.8) is 0 Å². The zero-order valence-corrected chi connectivity index (χ0v) is 34.7. The molecule has 0 spiro atoms. The molecule has 4 unspecified atom stereocenters. The summed E-state index contributed by atoms with van der Waals surface area (Å²) in [6.45, 7) is 10.3. The Morgan fingerprint density at radius 1 is 0.860 bits per heavy atom. The van der Waals surface area contributed by atoms with E-state index in [1.54, 1.807) is 27.7 Å². The van der Waals surface area contributed by atoms with Crippen LogP contribution in [0.15, 0.2) is 5.16 Å². The largest absolute Gasteiger partial charge is 0.481 e. The van der Waals surface area contributed by atoms with Crippen molar-refractivity contribution in [3.05, 3.63) is 0 Å². The summed E-state index contributed by atoms with van der Waals surface area (Å²) < 4.78 is 14.4. The number of aliphatic hydroxyl groups excluding tert-OH is 1. The third kappa shape index (κ3) is 17.0. The number of carbonyl (C=O) groups is 6. The molecule has 6 rings (SSSR count). The summed E-state index contributed by atoms with van der Waals surface area (Å²) in [5.74, 6) is -1.95. The second-order valence-electron chi connectivity index (χ2n) is 15.3. The van der Waals surface area contributed by atoms with Gasteiger partial charge in [0.1, 0.15) is 28.3 Å². The number of carboxylic acid groups (broad SMARTS) is 1. The number of hydrogen-bond acceptors (Lipinski definition) is 15. The van der Waals surface area contributed by atoms with Gasteiger partial charge in [-0.3, -0.25) is 24.0 Å². The molecule has 0 aromatic heterocycles. The van der Waals surface area contributed by atoms with Crippen LogP contribution in [0.25, 0.3) is 0 Å². The molecule has 2 heterocycles. The number of hydrogen-bond donors (Lipinski definition) is 5. The number of carboxylic acids is 1. The van der Waals surface area contributed by atoms with Gasteiger partial charge in [-0.05, 0) is 98.8 Å². The molecule has 0 amide bonds. The van der Waals surface area contributed by atoms with Crippen LogP contribution >= 0.6 is 11.8 Å². The topological polar surface area (TPSA) is 250 Å². The van der Waals surface area contributed by atoms with Crippen LogP contribution in [0, 0.1) is 22.2 Å². The van der Waals surface area contributed by atoms with Crippen LogP contribution in [0.2, 0.25) is 0 Å². The van der Waals surface area contributed by atoms with Crippen molar-refractivity contribution in [1.29, 1.82) is 0 Å². The number of oxime groups is 1. The molecule has 330 valence electrons. The molecule has 57 heavy (non-hydrogen) atoms. The van der Waals surface area contributed by atoms with Gasteiger partial charge in [0.25, 0.3) is 0 Å². The van der Waals surface area contributed by atoms with E-state index in [1.165, 1.54) is 5.00 Å². The predicted molar refractivity (Wildman–Crippen MR) is 213 cm³/mol. The Balaban J connectivity index is 0.000000681. The Bertz CT molecular complexity index is 1310. The number of aliphatic carboxylic acids is 1. The van der Waals surface area contributed by atoms with Crippen molar-refractivity contribution in [2.24, 2.45) is 33.1 Å². The summed E-state index contributed by atoms with van der Waals surface area (Å²) in [6.07, 6.45) is 15.3. The van der Waals surface area contributed by atoms with E-state index in [9.17, 15) is 28.8 Å². The summed E-state index contributed by atoms with van der Waals surface area (Å²) in [5.41, 5.74) is 4.80. The summed E-state index contributed by atoms with van der Waals surface area (Å²) in [4.78, 5) is 73.3. The minimum Gasteiger partial charge on any atom is -0.481 e. The fourth-order valence-corrected chi connectivity index (χ4v) is 7.10. The first kappa shape index (κ1) is 54.0. The normalized spacial score (nSPS) is 29.9. The molecule has 4 saturated carbocycles. The summed E-state index contributed by atoms with van der Waals surface area (Å²) in [7, 11) is 0. The highest BCUT2D eigenvalue weighted by molar-refractivity contribution is 6.12. The number of fused-ring (bicyclic) bond motifs is 1. The average molecular weight is 836 g/mol. The third-order valence-electron chi connectivity index (χ3n) is 11.1. The molecular formula is C40H70ClN3O13. The second kappa shape index (κ2) is 27.6. The second-order valence-corrected chi connectivity index (χ2v) is 15.5. The Hall–Kier alpha value is -3.02. The molecule has 0 aromatic rings. The Morgan fingerprint density at radius 3 is 1.91 bits per heavy atom. The maximum Gasteiger partial charge on any atom is 0.346 e. The number of rotatable bonds is 5. The lowest BCUT2D eigenvalue weighted by atomic mass is 9.72. The summed E-state index contributed by atoms with van der Waals surface area (Å²) >= 11 is 4.30. The first-order valence-electron chi connectivity index (χ1n) is 19.9. The molecule has 4 aliphatic carbocycles. The monoisotopic (exact) mass is 835 g/mol. The number of aliphatic hydroxyl groups is 1. The molecule has 5 fully saturated rings. The predicted octanol–water partition coefficient (Wildman–Crippen LogP) is 6.34. The lowest BCUT2D eigenvalue weighted by Gasteiger charge is -2.35. The molecule has 2 aliphatic heterocycles. The fourth-order valence-electron chi connectivity index (χ4n) is 7.10. The Morgan fingerprint density at radius 2 is 1.44 bits per heavy atom. The van der Waals surface area contributed by atoms with E-state index in [0.29, 0.717) is 38.9 Å². The van der Waals surface area contributed by atoms with Gasteiger partial charge >= 0.3 is 23.9 Å². The maximum absolute atomic E-state index is 11.5. The van der Waals surface area contributed by atoms with Gasteiger partial charge in [0.15, 0.2) is 6.29 Å². The van der Waals surface area contributed by atoms with Crippen molar-refractivity contribution in [3.8, 4) is 0 Å². The highest BCUT2D eigenvalue weighted by atomic mass is 35.5. The van der Waals surface area contributed by atoms with E-state index in [1.807, 2.05) is 6.92 Å². The van der Waals surface area contributed by atoms with E-state index >= 15 is 0 Å². The van der Waals surface area contributed by atoms with E-state index in [0.717, 1.165) is 102 Å². The highest BCUT2D eigenvalue weighted by Gasteiger charge is 2.47. The number of carbonyl (C=O) groups excluding carboxylic acids is 5. The zero-order valence-electron chi connectivity index (χ0n) is 33.9. The van der Waals surface area contributed by atoms with Gasteiger partial charge in [0.2, 0.25) is 0 Å². The molecule has 6 N–H and O–H groups in total. The first-order chi connectivity index (χ1) is 26.5. The zero-order chi connectivity index (χ0) is 42.4. The van der Waals surface area contributed by atoms with Crippen molar-refractivity contribution >= 4 is 52.9 Å². The smallest absolute Gasteiger partial charge is 0.346 e. The number of nitrogens with two attached hydrogens (primary N) is 1. The molecule has 16 nitrogen and oxygen atoms in total. The fraction of sp³-hybridized carbons (Fsp3) is 0.825. The van der Waals surface area contributed by atoms with E-state index in [4.69, 9.17) is 35.4 Å². The Labute approximate surface area is 343 Å². The molecular weight excluding hydrogens is 766 g/mol. The van der Waals surface area contributed by atoms with Crippen molar-refractivity contribution < 1.29 is 63.2 Å². The van der Waals surface area contributed by atoms with Crippen molar-refractivity contribution in [2.45, 2.75) is 170 Å². The van der Waals surface area contributed by atoms with E-state index in [-0.39, 0.29) is 48.4 Å². The van der Waals surface area contributed by atoms with Crippen LogP contribution < -0.4 is 10.7 Å². The number of ketones is 2. The van der Waals surface area contributed by atoms with Gasteiger partial charge in [0.05, 0.1) is 24.3 Å². The lowest BCUT2D eigenvalue weighted by molar-refractivity contribution is -0.161.